The van der Waals surface area contributed by atoms with Crippen LogP contribution >= 0.6 is 90.7 Å². The van der Waals surface area contributed by atoms with E-state index in [0.29, 0.717) is 68.9 Å². The Bertz CT molecular complexity index is 4590. The first-order valence-corrected chi connectivity index (χ1v) is 32.0. The molecule has 0 spiro atoms. The first-order valence-electron chi connectivity index (χ1n) is 25.4. The average molecular weight is 1550 g/mol. The molecule has 4 N–H and O–H groups in total. The Morgan fingerprint density at radius 3 is 1.28 bits per heavy atom. The SMILES string of the molecule is C.Cc1[nH]c2c(F)c(F)oc2c1F.Cc1[nH]c2c(F)c(F)sc2c1F.Cc1[nH]c2oc(F)c(F)c2c1F.Cc1[nH]c2sc(F)c(F)c2c1F.Cc1sc2c(F)c(F)oc2c1F.Cc1sc2c(F)c(F)sc2c1F.Cc1sc2oc(F)c(F)c2c1F.Cc1sc2sc(F)c(F)c2c1F. The Labute approximate surface area is 555 Å². The van der Waals surface area contributed by atoms with Gasteiger partial charge in [-0.05, 0) is 55.4 Å². The van der Waals surface area contributed by atoms with Crippen LogP contribution in [0, 0.1) is 193 Å². The maximum atomic E-state index is 13.0. The summed E-state index contributed by atoms with van der Waals surface area (Å²) >= 11 is 5.98. The lowest BCUT2D eigenvalue weighted by Crippen LogP contribution is -1.79. The van der Waals surface area contributed by atoms with E-state index in [2.05, 4.69) is 37.6 Å². The standard InChI is InChI=1S/2C7H4F3NO.2C7H4F3NS.2C7H3F3OS.2C7H3F3S2.CH4/c1-2-4(8)3-5(9)6(10)12-7(3)11-2;1-2-3(8)6-5(11-2)4(9)7(10)12-6;1-2-4(8)3-5(9)6(10)12-7(3)11-2;1-2-3(8)6-5(11-2)4(9)7(10)12-6;1-2-4(8)3-5(9)6(10)11-7(3)12-2;1-2-3(8)5-6(12-2)4(9)7(10)11-5;1-2-4(8)3-5(9)6(10)12-7(3)11-2;1-2-3(8)5-6(11-2)4(9)7(10)12-5;/h4*11H,1H3;4*1H3;1H4. The Kier molecular flexibility index (Phi) is 22.4. The molecule has 0 fully saturated rings. The quantitative estimate of drug-likeness (QED) is 0.113. The third-order valence-corrected chi connectivity index (χ3v) is 20.9. The molecule has 0 unspecified atom stereocenters. The van der Waals surface area contributed by atoms with Crippen molar-refractivity contribution in [2.45, 2.75) is 62.8 Å². The van der Waals surface area contributed by atoms with Gasteiger partial charge in [0.15, 0.2) is 80.1 Å². The van der Waals surface area contributed by atoms with E-state index in [4.69, 9.17) is 0 Å². The molecule has 0 saturated heterocycles. The summed E-state index contributed by atoms with van der Waals surface area (Å²) in [6.07, 6.45) is 0. The molecule has 0 aliphatic rings. The van der Waals surface area contributed by atoms with Crippen LogP contribution in [0.2, 0.25) is 0 Å². The fourth-order valence-electron chi connectivity index (χ4n) is 8.18. The Morgan fingerprint density at radius 2 is 0.701 bits per heavy atom. The molecule has 97 heavy (non-hydrogen) atoms. The lowest BCUT2D eigenvalue weighted by Gasteiger charge is -1.84. The molecule has 40 heteroatoms. The molecule has 16 rings (SSSR count). The molecule has 16 aromatic rings. The predicted molar refractivity (Wildman–Crippen MR) is 325 cm³/mol. The summed E-state index contributed by atoms with van der Waals surface area (Å²) in [6.45, 7) is 11.8. The third-order valence-electron chi connectivity index (χ3n) is 12.8. The molecule has 0 aliphatic heterocycles. The zero-order chi connectivity index (χ0) is 71.0. The summed E-state index contributed by atoms with van der Waals surface area (Å²) in [5.74, 6) is -14.3. The largest absolute Gasteiger partial charge is 0.425 e. The minimum Gasteiger partial charge on any atom is -0.425 e. The molecule has 16 aromatic heterocycles. The van der Waals surface area contributed by atoms with Crippen LogP contribution in [-0.2, 0) is 0 Å². The molecule has 520 valence electrons. The molecule has 0 atom stereocenters. The number of thiophene rings is 8. The number of H-pyrrole nitrogens is 4. The van der Waals surface area contributed by atoms with Gasteiger partial charge in [0.2, 0.25) is 49.5 Å². The lowest BCUT2D eigenvalue weighted by molar-refractivity contribution is 0.337. The molecular formula is C57H32F24N4O4S8. The predicted octanol–water partition coefficient (Wildman–Crippen LogP) is 25.3. The van der Waals surface area contributed by atoms with Gasteiger partial charge < -0.3 is 37.6 Å². The highest BCUT2D eigenvalue weighted by molar-refractivity contribution is 7.37. The van der Waals surface area contributed by atoms with Crippen molar-refractivity contribution in [2.75, 3.05) is 0 Å². The van der Waals surface area contributed by atoms with Gasteiger partial charge in [-0.25, -0.2) is 52.7 Å². The van der Waals surface area contributed by atoms with E-state index in [1.165, 1.54) is 41.5 Å². The fraction of sp³-hybridized carbons (Fsp3) is 0.158. The molecule has 8 nitrogen and oxygen atoms in total. The first-order chi connectivity index (χ1) is 44.9. The van der Waals surface area contributed by atoms with Gasteiger partial charge in [-0.15, -0.1) is 45.3 Å². The molecular weight excluding hydrogens is 1520 g/mol. The second-order valence-corrected chi connectivity index (χ2v) is 28.1. The van der Waals surface area contributed by atoms with E-state index < -0.39 is 149 Å². The third kappa shape index (κ3) is 14.0. The normalized spacial score (nSPS) is 11.2. The maximum absolute atomic E-state index is 13.0. The number of fused-ring (bicyclic) bond motifs is 8. The summed E-state index contributed by atoms with van der Waals surface area (Å²) in [7, 11) is 0. The maximum Gasteiger partial charge on any atom is 0.317 e. The minimum absolute atomic E-state index is 0. The smallest absolute Gasteiger partial charge is 0.317 e. The number of hydrogen-bond acceptors (Lipinski definition) is 12. The number of furan rings is 4. The van der Waals surface area contributed by atoms with Crippen LogP contribution in [0.1, 0.15) is 49.7 Å². The molecule has 0 bridgehead atoms. The van der Waals surface area contributed by atoms with Crippen LogP contribution in [0.25, 0.3) is 82.0 Å². The summed E-state index contributed by atoms with van der Waals surface area (Å²) < 4.78 is 323. The molecule has 0 radical (unpaired) electrons. The van der Waals surface area contributed by atoms with Gasteiger partial charge in [0, 0.05) is 30.9 Å². The van der Waals surface area contributed by atoms with E-state index in [0.717, 1.165) is 45.3 Å². The minimum atomic E-state index is -1.39. The van der Waals surface area contributed by atoms with Crippen LogP contribution in [0.5, 0.6) is 0 Å². The summed E-state index contributed by atoms with van der Waals surface area (Å²) in [5, 5.41) is -5.12. The zero-order valence-electron chi connectivity index (χ0n) is 48.0. The highest BCUT2D eigenvalue weighted by Gasteiger charge is 2.27. The molecule has 0 amide bonds. The van der Waals surface area contributed by atoms with Crippen molar-refractivity contribution in [3.63, 3.8) is 0 Å². The van der Waals surface area contributed by atoms with Gasteiger partial charge in [0.05, 0.1) is 45.8 Å². The van der Waals surface area contributed by atoms with Crippen LogP contribution in [0.15, 0.2) is 17.7 Å². The van der Waals surface area contributed by atoms with Crippen LogP contribution in [0.3, 0.4) is 0 Å². The monoisotopic (exact) mass is 1550 g/mol. The average Bonchev–Trinajstić information content (AvgIpc) is 1.39. The van der Waals surface area contributed by atoms with Gasteiger partial charge in [-0.3, -0.25) is 0 Å². The van der Waals surface area contributed by atoms with Crippen molar-refractivity contribution in [3.8, 4) is 0 Å². The van der Waals surface area contributed by atoms with Crippen molar-refractivity contribution in [2.24, 2.45) is 0 Å². The first kappa shape index (κ1) is 75.0. The van der Waals surface area contributed by atoms with Gasteiger partial charge in [-0.1, -0.05) is 52.8 Å². The van der Waals surface area contributed by atoms with Gasteiger partial charge in [0.25, 0.3) is 0 Å². The lowest BCUT2D eigenvalue weighted by atomic mass is 10.3. The fourth-order valence-corrected chi connectivity index (χ4v) is 15.8. The Hall–Kier alpha value is -7.76. The van der Waals surface area contributed by atoms with Crippen molar-refractivity contribution < 1.29 is 123 Å². The van der Waals surface area contributed by atoms with E-state index in [1.54, 1.807) is 13.8 Å². The van der Waals surface area contributed by atoms with Crippen molar-refractivity contribution in [1.29, 1.82) is 0 Å². The highest BCUT2D eigenvalue weighted by Crippen LogP contribution is 2.41. The van der Waals surface area contributed by atoms with Crippen LogP contribution in [-0.4, -0.2) is 19.9 Å². The molecule has 0 saturated carbocycles. The van der Waals surface area contributed by atoms with Crippen LogP contribution in [0.4, 0.5) is 105 Å². The number of aryl methyl sites for hydroxylation is 8. The van der Waals surface area contributed by atoms with Gasteiger partial charge in [-0.2, -0.15) is 52.7 Å². The molecule has 16 heterocycles. The topological polar surface area (TPSA) is 116 Å². The summed E-state index contributed by atoms with van der Waals surface area (Å²) in [5.41, 5.74) is -0.555. The van der Waals surface area contributed by atoms with E-state index >= 15 is 0 Å². The number of aromatic nitrogens is 4. The molecule has 0 aliphatic carbocycles. The highest BCUT2D eigenvalue weighted by atomic mass is 32.2. The number of halogens is 24. The summed E-state index contributed by atoms with van der Waals surface area (Å²) in [4.78, 5) is 11.2. The van der Waals surface area contributed by atoms with Gasteiger partial charge in [0.1, 0.15) is 31.6 Å². The van der Waals surface area contributed by atoms with Crippen molar-refractivity contribution in [1.82, 2.24) is 19.9 Å². The Morgan fingerprint density at radius 1 is 0.258 bits per heavy atom. The van der Waals surface area contributed by atoms with Crippen LogP contribution < -0.4 is 0 Å². The van der Waals surface area contributed by atoms with Crippen molar-refractivity contribution in [3.05, 3.63) is 180 Å². The second-order valence-electron chi connectivity index (χ2n) is 19.1. The van der Waals surface area contributed by atoms with E-state index in [-0.39, 0.29) is 97.2 Å². The Balaban J connectivity index is 0.000000141. The van der Waals surface area contributed by atoms with E-state index in [9.17, 15) is 105 Å². The zero-order valence-corrected chi connectivity index (χ0v) is 54.5. The molecule has 0 aromatic carbocycles. The number of hydrogen-bond donors (Lipinski definition) is 4. The van der Waals surface area contributed by atoms with E-state index in [1.807, 2.05) is 0 Å². The van der Waals surface area contributed by atoms with Gasteiger partial charge >= 0.3 is 24.1 Å². The second kappa shape index (κ2) is 29.0. The number of nitrogens with one attached hydrogen (secondary N) is 4. The van der Waals surface area contributed by atoms with Crippen molar-refractivity contribution >= 4 is 173 Å². The number of aromatic amines is 4. The summed E-state index contributed by atoms with van der Waals surface area (Å²) in [6, 6.07) is -5.49. The number of rotatable bonds is 0.